The van der Waals surface area contributed by atoms with Gasteiger partial charge in [-0.3, -0.25) is 4.79 Å². The Hall–Kier alpha value is -1.09. The van der Waals surface area contributed by atoms with E-state index in [9.17, 15) is 35.4 Å². The molecule has 0 radical (unpaired) electrons. The lowest BCUT2D eigenvalue weighted by atomic mass is 9.84. The van der Waals surface area contributed by atoms with Gasteiger partial charge in [-0.05, 0) is 12.8 Å². The van der Waals surface area contributed by atoms with Gasteiger partial charge in [0.1, 0.15) is 61.5 Å². The van der Waals surface area contributed by atoms with Gasteiger partial charge in [-0.15, -0.1) is 0 Å². The van der Waals surface area contributed by atoms with Gasteiger partial charge in [-0.1, -0.05) is 45.4 Å². The van der Waals surface area contributed by atoms with Crippen LogP contribution in [0.25, 0.3) is 0 Å². The van der Waals surface area contributed by atoms with E-state index in [1.807, 2.05) is 0 Å². The van der Waals surface area contributed by atoms with Crippen molar-refractivity contribution in [1.29, 1.82) is 0 Å². The third kappa shape index (κ3) is 11.6. The first-order chi connectivity index (χ1) is 21.0. The average molecular weight is 641 g/mol. The van der Waals surface area contributed by atoms with E-state index >= 15 is 0 Å². The fourth-order valence-corrected chi connectivity index (χ4v) is 5.31. The molecule has 2 aliphatic rings. The molecule has 0 aromatic rings. The highest BCUT2D eigenvalue weighted by Gasteiger charge is 2.50. The van der Waals surface area contributed by atoms with Crippen LogP contribution in [0.5, 0.6) is 0 Å². The summed E-state index contributed by atoms with van der Waals surface area (Å²) in [5.41, 5.74) is 23.6. The number of hydrogen-bond acceptors (Lipinski definition) is 16. The van der Waals surface area contributed by atoms with Crippen LogP contribution in [-0.4, -0.2) is 143 Å². The maximum absolute atomic E-state index is 12.2. The number of aliphatic hydroxyl groups is 6. The number of carbonyl (C=O) groups is 1. The second-order valence-corrected chi connectivity index (χ2v) is 11.7. The standard InChI is InChI=1S/C28H56N4O12/c1-2-3-4-5-6-7-8-9-20(35)40-14-15(13-33)41-27(18(34)11-29)43-25-16(31)10-17(32)26(24(25)39)44-28-23(38)22(37)21(36)19(12-30)42-28/h15-19,21-28,33-34,36-39H,2-14,29-32H2,1H3/t15-,16?,17?,18+,19?,21+,22?,23?,24+,25?,26?,27?,28+/m0/s1. The summed E-state index contributed by atoms with van der Waals surface area (Å²) in [5.74, 6) is -0.446. The molecular weight excluding hydrogens is 584 g/mol. The van der Waals surface area contributed by atoms with E-state index in [0.717, 1.165) is 19.3 Å². The molecule has 14 N–H and O–H groups in total. The minimum atomic E-state index is -1.68. The maximum Gasteiger partial charge on any atom is 0.305 e. The number of ether oxygens (including phenoxy) is 5. The van der Waals surface area contributed by atoms with Gasteiger partial charge in [0.25, 0.3) is 0 Å². The third-order valence-electron chi connectivity index (χ3n) is 8.05. The van der Waals surface area contributed by atoms with Crippen LogP contribution in [0.2, 0.25) is 0 Å². The van der Waals surface area contributed by atoms with Crippen LogP contribution in [0.4, 0.5) is 0 Å². The SMILES string of the molecule is CCCCCCCCCC(=O)OC[C@H](CO)OC(OC1C(N)CC(N)C(O[C@H]2OC(CN)[C@@H](O)C(O)C2O)[C@@H]1O)[C@H](O)CN. The van der Waals surface area contributed by atoms with E-state index in [-0.39, 0.29) is 32.5 Å². The minimum absolute atomic E-state index is 0.0613. The Kier molecular flexibility index (Phi) is 18.0. The summed E-state index contributed by atoms with van der Waals surface area (Å²) in [6, 6.07) is -1.74. The molecule has 1 aliphatic carbocycles. The quantitative estimate of drug-likeness (QED) is 0.0353. The molecule has 8 unspecified atom stereocenters. The summed E-state index contributed by atoms with van der Waals surface area (Å²) in [7, 11) is 0. The number of esters is 1. The van der Waals surface area contributed by atoms with Crippen molar-refractivity contribution in [2.45, 2.75) is 144 Å². The zero-order valence-electron chi connectivity index (χ0n) is 25.6. The fourth-order valence-electron chi connectivity index (χ4n) is 5.31. The molecular formula is C28H56N4O12. The topological polar surface area (TPSA) is 289 Å². The predicted molar refractivity (Wildman–Crippen MR) is 156 cm³/mol. The smallest absolute Gasteiger partial charge is 0.305 e. The molecule has 260 valence electrons. The summed E-state index contributed by atoms with van der Waals surface area (Å²) < 4.78 is 28.1. The van der Waals surface area contributed by atoms with Crippen LogP contribution >= 0.6 is 0 Å². The van der Waals surface area contributed by atoms with Crippen molar-refractivity contribution in [2.24, 2.45) is 22.9 Å². The van der Waals surface area contributed by atoms with Gasteiger partial charge in [0.2, 0.25) is 0 Å². The van der Waals surface area contributed by atoms with Crippen LogP contribution in [0.15, 0.2) is 0 Å². The summed E-state index contributed by atoms with van der Waals surface area (Å²) in [5, 5.41) is 62.2. The molecule has 16 nitrogen and oxygen atoms in total. The predicted octanol–water partition coefficient (Wildman–Crippen LogP) is -3.35. The average Bonchev–Trinajstić information content (AvgIpc) is 3.01. The van der Waals surface area contributed by atoms with Crippen LogP contribution in [0, 0.1) is 0 Å². The van der Waals surface area contributed by atoms with Crippen molar-refractivity contribution in [1.82, 2.24) is 0 Å². The van der Waals surface area contributed by atoms with E-state index in [1.54, 1.807) is 0 Å². The molecule has 44 heavy (non-hydrogen) atoms. The minimum Gasteiger partial charge on any atom is -0.463 e. The molecule has 2 fully saturated rings. The van der Waals surface area contributed by atoms with Crippen LogP contribution in [0.1, 0.15) is 64.7 Å². The molecule has 2 rings (SSSR count). The molecule has 1 aliphatic heterocycles. The van der Waals surface area contributed by atoms with Gasteiger partial charge in [-0.25, -0.2) is 0 Å². The maximum atomic E-state index is 12.2. The Balaban J connectivity index is 1.98. The Bertz CT molecular complexity index is 802. The Morgan fingerprint density at radius 1 is 0.909 bits per heavy atom. The first-order valence-corrected chi connectivity index (χ1v) is 15.7. The molecule has 13 atom stereocenters. The number of rotatable bonds is 20. The van der Waals surface area contributed by atoms with Crippen molar-refractivity contribution < 1.29 is 59.1 Å². The monoisotopic (exact) mass is 640 g/mol. The molecule has 0 aromatic heterocycles. The molecule has 0 spiro atoms. The lowest BCUT2D eigenvalue weighted by Gasteiger charge is -2.46. The molecule has 0 amide bonds. The highest BCUT2D eigenvalue weighted by atomic mass is 16.7. The molecule has 0 aromatic carbocycles. The zero-order valence-corrected chi connectivity index (χ0v) is 25.6. The van der Waals surface area contributed by atoms with Crippen molar-refractivity contribution in [3.8, 4) is 0 Å². The summed E-state index contributed by atoms with van der Waals surface area (Å²) in [6.45, 7) is 0.759. The van der Waals surface area contributed by atoms with Gasteiger partial charge in [-0.2, -0.15) is 0 Å². The number of aliphatic hydroxyl groups excluding tert-OH is 6. The van der Waals surface area contributed by atoms with Crippen molar-refractivity contribution in [2.75, 3.05) is 26.3 Å². The second kappa shape index (κ2) is 20.2. The number of nitrogens with two attached hydrogens (primary N) is 4. The molecule has 1 saturated carbocycles. The van der Waals surface area contributed by atoms with Gasteiger partial charge in [0.15, 0.2) is 12.6 Å². The highest BCUT2D eigenvalue weighted by Crippen LogP contribution is 2.30. The van der Waals surface area contributed by atoms with E-state index in [1.165, 1.54) is 19.3 Å². The fraction of sp³-hybridized carbons (Fsp3) is 0.964. The van der Waals surface area contributed by atoms with Gasteiger partial charge in [0.05, 0.1) is 6.61 Å². The summed E-state index contributed by atoms with van der Waals surface area (Å²) in [4.78, 5) is 12.2. The molecule has 1 heterocycles. The number of hydrogen-bond donors (Lipinski definition) is 10. The first kappa shape index (κ1) is 39.1. The van der Waals surface area contributed by atoms with Crippen molar-refractivity contribution in [3.05, 3.63) is 0 Å². The third-order valence-corrected chi connectivity index (χ3v) is 8.05. The van der Waals surface area contributed by atoms with Crippen LogP contribution in [-0.2, 0) is 28.5 Å². The zero-order chi connectivity index (χ0) is 32.8. The first-order valence-electron chi connectivity index (χ1n) is 15.7. The molecule has 0 bridgehead atoms. The van der Waals surface area contributed by atoms with Gasteiger partial charge < -0.3 is 77.3 Å². The van der Waals surface area contributed by atoms with Gasteiger partial charge in [0, 0.05) is 31.6 Å². The Morgan fingerprint density at radius 3 is 2.16 bits per heavy atom. The van der Waals surface area contributed by atoms with Gasteiger partial charge >= 0.3 is 5.97 Å². The lowest BCUT2D eigenvalue weighted by Crippen LogP contribution is -2.67. The Morgan fingerprint density at radius 2 is 1.55 bits per heavy atom. The van der Waals surface area contributed by atoms with Crippen molar-refractivity contribution in [3.63, 3.8) is 0 Å². The number of unbranched alkanes of at least 4 members (excludes halogenated alkanes) is 6. The lowest BCUT2D eigenvalue weighted by molar-refractivity contribution is -0.325. The molecule has 16 heteroatoms. The highest BCUT2D eigenvalue weighted by molar-refractivity contribution is 5.69. The van der Waals surface area contributed by atoms with Crippen LogP contribution < -0.4 is 22.9 Å². The van der Waals surface area contributed by atoms with Crippen LogP contribution in [0.3, 0.4) is 0 Å². The van der Waals surface area contributed by atoms with E-state index in [2.05, 4.69) is 6.92 Å². The summed E-state index contributed by atoms with van der Waals surface area (Å²) in [6.07, 6.45) is -7.76. The normalized spacial score (nSPS) is 34.8. The van der Waals surface area contributed by atoms with Crippen molar-refractivity contribution >= 4 is 5.97 Å². The second-order valence-electron chi connectivity index (χ2n) is 11.7. The summed E-state index contributed by atoms with van der Waals surface area (Å²) >= 11 is 0. The number of carbonyl (C=O) groups excluding carboxylic acids is 1. The molecule has 1 saturated heterocycles. The van der Waals surface area contributed by atoms with E-state index in [4.69, 9.17) is 46.6 Å². The Labute approximate surface area is 258 Å². The van der Waals surface area contributed by atoms with E-state index in [0.29, 0.717) is 6.42 Å². The van der Waals surface area contributed by atoms with E-state index < -0.39 is 92.2 Å². The largest absolute Gasteiger partial charge is 0.463 e.